The minimum atomic E-state index is 0.752. The summed E-state index contributed by atoms with van der Waals surface area (Å²) in [4.78, 5) is 2.59. The lowest BCUT2D eigenvalue weighted by Crippen LogP contribution is -2.47. The highest BCUT2D eigenvalue weighted by molar-refractivity contribution is 5.68. The molecule has 1 heterocycles. The predicted octanol–water partition coefficient (Wildman–Crippen LogP) is 3.43. The van der Waals surface area contributed by atoms with E-state index in [4.69, 9.17) is 5.73 Å². The van der Waals surface area contributed by atoms with Gasteiger partial charge in [0.15, 0.2) is 0 Å². The molecule has 0 bridgehead atoms. The van der Waals surface area contributed by atoms with Crippen molar-refractivity contribution in [3.63, 3.8) is 0 Å². The van der Waals surface area contributed by atoms with E-state index in [1.54, 1.807) is 0 Å². The van der Waals surface area contributed by atoms with Gasteiger partial charge in [-0.2, -0.15) is 0 Å². The fourth-order valence-electron chi connectivity index (χ4n) is 3.67. The molecule has 92 valence electrons. The largest absolute Gasteiger partial charge is 0.397 e. The second-order valence-electron chi connectivity index (χ2n) is 5.51. The number of nitrogens with zero attached hydrogens (tertiary/aromatic N) is 1. The molecular weight excluding hydrogens is 208 g/mol. The summed E-state index contributed by atoms with van der Waals surface area (Å²) in [5.74, 6) is 0.914. The third kappa shape index (κ3) is 2.01. The quantitative estimate of drug-likeness (QED) is 0.749. The molecular formula is C15H22N2. The SMILES string of the molecule is Nc1ccccc1N1CCC[C@H]2CCCC[C@H]21. The molecule has 2 heteroatoms. The fraction of sp³-hybridized carbons (Fsp3) is 0.600. The average Bonchev–Trinajstić information content (AvgIpc) is 2.39. The van der Waals surface area contributed by atoms with Gasteiger partial charge in [0.1, 0.15) is 0 Å². The molecule has 0 aromatic heterocycles. The first-order valence-electron chi connectivity index (χ1n) is 6.97. The Labute approximate surface area is 104 Å². The molecule has 0 unspecified atom stereocenters. The maximum absolute atomic E-state index is 6.13. The summed E-state index contributed by atoms with van der Waals surface area (Å²) in [5.41, 5.74) is 8.34. The molecule has 1 aliphatic heterocycles. The van der Waals surface area contributed by atoms with Gasteiger partial charge in [-0.1, -0.05) is 25.0 Å². The molecule has 3 rings (SSSR count). The number of nitrogens with two attached hydrogens (primary N) is 1. The van der Waals surface area contributed by atoms with Crippen LogP contribution in [-0.2, 0) is 0 Å². The zero-order chi connectivity index (χ0) is 11.7. The third-order valence-corrected chi connectivity index (χ3v) is 4.49. The van der Waals surface area contributed by atoms with E-state index in [1.807, 2.05) is 12.1 Å². The minimum absolute atomic E-state index is 0.752. The second kappa shape index (κ2) is 4.59. The number of hydrogen-bond acceptors (Lipinski definition) is 2. The van der Waals surface area contributed by atoms with Crippen molar-refractivity contribution in [3.8, 4) is 0 Å². The number of rotatable bonds is 1. The Bertz CT molecular complexity index is 386. The van der Waals surface area contributed by atoms with Crippen molar-refractivity contribution in [1.29, 1.82) is 0 Å². The Morgan fingerprint density at radius 1 is 1.00 bits per heavy atom. The van der Waals surface area contributed by atoms with Gasteiger partial charge in [-0.05, 0) is 43.7 Å². The zero-order valence-corrected chi connectivity index (χ0v) is 10.4. The molecule has 2 fully saturated rings. The molecule has 0 spiro atoms. The monoisotopic (exact) mass is 230 g/mol. The van der Waals surface area contributed by atoms with Crippen LogP contribution in [0.4, 0.5) is 11.4 Å². The highest BCUT2D eigenvalue weighted by atomic mass is 15.2. The third-order valence-electron chi connectivity index (χ3n) is 4.49. The van der Waals surface area contributed by atoms with E-state index in [-0.39, 0.29) is 0 Å². The van der Waals surface area contributed by atoms with E-state index in [1.165, 1.54) is 50.8 Å². The summed E-state index contributed by atoms with van der Waals surface area (Å²) in [6.07, 6.45) is 8.36. The van der Waals surface area contributed by atoms with Crippen molar-refractivity contribution < 1.29 is 0 Å². The molecule has 0 radical (unpaired) electrons. The van der Waals surface area contributed by atoms with Crippen molar-refractivity contribution in [2.24, 2.45) is 5.92 Å². The van der Waals surface area contributed by atoms with Crippen LogP contribution in [0.15, 0.2) is 24.3 Å². The lowest BCUT2D eigenvalue weighted by Gasteiger charge is -2.45. The molecule has 2 N–H and O–H groups in total. The zero-order valence-electron chi connectivity index (χ0n) is 10.4. The maximum atomic E-state index is 6.13. The molecule has 1 aromatic rings. The van der Waals surface area contributed by atoms with E-state index in [9.17, 15) is 0 Å². The van der Waals surface area contributed by atoms with Crippen LogP contribution in [0.1, 0.15) is 38.5 Å². The van der Waals surface area contributed by atoms with Gasteiger partial charge in [-0.3, -0.25) is 0 Å². The fourth-order valence-corrected chi connectivity index (χ4v) is 3.67. The molecule has 0 amide bonds. The maximum Gasteiger partial charge on any atom is 0.0602 e. The summed E-state index contributed by atoms with van der Waals surface area (Å²) in [7, 11) is 0. The number of benzene rings is 1. The van der Waals surface area contributed by atoms with Gasteiger partial charge in [0.2, 0.25) is 0 Å². The van der Waals surface area contributed by atoms with E-state index < -0.39 is 0 Å². The Morgan fingerprint density at radius 3 is 2.65 bits per heavy atom. The van der Waals surface area contributed by atoms with Crippen LogP contribution in [-0.4, -0.2) is 12.6 Å². The van der Waals surface area contributed by atoms with E-state index in [0.29, 0.717) is 0 Å². The highest BCUT2D eigenvalue weighted by Crippen LogP contribution is 2.39. The summed E-state index contributed by atoms with van der Waals surface area (Å²) in [6.45, 7) is 1.19. The van der Waals surface area contributed by atoms with Gasteiger partial charge in [0, 0.05) is 12.6 Å². The second-order valence-corrected chi connectivity index (χ2v) is 5.51. The molecule has 1 aromatic carbocycles. The number of nitrogen functional groups attached to an aromatic ring is 1. The normalized spacial score (nSPS) is 28.8. The number of para-hydroxylation sites is 2. The highest BCUT2D eigenvalue weighted by Gasteiger charge is 2.33. The van der Waals surface area contributed by atoms with Crippen molar-refractivity contribution in [2.75, 3.05) is 17.2 Å². The Balaban J connectivity index is 1.88. The van der Waals surface area contributed by atoms with E-state index in [2.05, 4.69) is 17.0 Å². The first kappa shape index (κ1) is 10.9. The van der Waals surface area contributed by atoms with Crippen LogP contribution in [0.5, 0.6) is 0 Å². The van der Waals surface area contributed by atoms with Gasteiger partial charge in [0.25, 0.3) is 0 Å². The van der Waals surface area contributed by atoms with Crippen LogP contribution >= 0.6 is 0 Å². The summed E-state index contributed by atoms with van der Waals surface area (Å²) in [6, 6.07) is 9.11. The Kier molecular flexibility index (Phi) is 2.96. The van der Waals surface area contributed by atoms with Crippen LogP contribution in [0, 0.1) is 5.92 Å². The van der Waals surface area contributed by atoms with E-state index in [0.717, 1.165) is 17.6 Å². The molecule has 1 saturated carbocycles. The van der Waals surface area contributed by atoms with Gasteiger partial charge in [-0.15, -0.1) is 0 Å². The molecule has 1 aliphatic carbocycles. The first-order valence-corrected chi connectivity index (χ1v) is 6.97. The topological polar surface area (TPSA) is 29.3 Å². The first-order chi connectivity index (χ1) is 8.36. The predicted molar refractivity (Wildman–Crippen MR) is 73.2 cm³/mol. The van der Waals surface area contributed by atoms with Gasteiger partial charge in [0.05, 0.1) is 11.4 Å². The summed E-state index contributed by atoms with van der Waals surface area (Å²) >= 11 is 0. The average molecular weight is 230 g/mol. The van der Waals surface area contributed by atoms with Gasteiger partial charge in [-0.25, -0.2) is 0 Å². The summed E-state index contributed by atoms with van der Waals surface area (Å²) < 4.78 is 0. The Morgan fingerprint density at radius 2 is 1.76 bits per heavy atom. The number of anilines is 2. The molecule has 17 heavy (non-hydrogen) atoms. The van der Waals surface area contributed by atoms with Gasteiger partial charge >= 0.3 is 0 Å². The summed E-state index contributed by atoms with van der Waals surface area (Å²) in [5, 5.41) is 0. The van der Waals surface area contributed by atoms with Crippen LogP contribution in [0.3, 0.4) is 0 Å². The molecule has 2 nitrogen and oxygen atoms in total. The lowest BCUT2D eigenvalue weighted by atomic mass is 9.78. The molecule has 2 aliphatic rings. The lowest BCUT2D eigenvalue weighted by molar-refractivity contribution is 0.244. The standard InChI is InChI=1S/C15H22N2/c16-13-8-2-4-10-15(13)17-11-5-7-12-6-1-3-9-14(12)17/h2,4,8,10,12,14H,1,3,5-7,9,11,16H2/t12-,14-/m1/s1. The number of piperidine rings is 1. The van der Waals surface area contributed by atoms with Crippen LogP contribution in [0.2, 0.25) is 0 Å². The van der Waals surface area contributed by atoms with Crippen molar-refractivity contribution in [2.45, 2.75) is 44.6 Å². The van der Waals surface area contributed by atoms with Crippen molar-refractivity contribution >= 4 is 11.4 Å². The molecule has 2 atom stereocenters. The smallest absolute Gasteiger partial charge is 0.0602 e. The van der Waals surface area contributed by atoms with Crippen molar-refractivity contribution in [3.05, 3.63) is 24.3 Å². The Hall–Kier alpha value is -1.18. The van der Waals surface area contributed by atoms with Crippen LogP contribution < -0.4 is 10.6 Å². The number of fused-ring (bicyclic) bond motifs is 1. The number of hydrogen-bond donors (Lipinski definition) is 1. The molecule has 1 saturated heterocycles. The van der Waals surface area contributed by atoms with E-state index >= 15 is 0 Å². The van der Waals surface area contributed by atoms with Crippen LogP contribution in [0.25, 0.3) is 0 Å². The van der Waals surface area contributed by atoms with Gasteiger partial charge < -0.3 is 10.6 Å². The van der Waals surface area contributed by atoms with Crippen molar-refractivity contribution in [1.82, 2.24) is 0 Å². The minimum Gasteiger partial charge on any atom is -0.397 e.